The fourth-order valence-corrected chi connectivity index (χ4v) is 3.03. The molecule has 1 aromatic rings. The van der Waals surface area contributed by atoms with Gasteiger partial charge in [-0.2, -0.15) is 0 Å². The standard InChI is InChI=1S/C17H22ClNO4/c1-10-6-13(17(21)22)9-19(8-10)16(20)12(3)23-14-4-5-15(18)11(2)7-14/h4-5,7,10,12-13H,6,8-9H2,1-3H3,(H,21,22). The smallest absolute Gasteiger partial charge is 0.308 e. The SMILES string of the molecule is Cc1cc(OC(C)C(=O)N2CC(C)CC(C(=O)O)C2)ccc1Cl. The summed E-state index contributed by atoms with van der Waals surface area (Å²) < 4.78 is 5.70. The number of carboxylic acid groups (broad SMARTS) is 1. The van der Waals surface area contributed by atoms with Crippen LogP contribution in [-0.2, 0) is 9.59 Å². The van der Waals surface area contributed by atoms with Gasteiger partial charge in [0.05, 0.1) is 5.92 Å². The Hall–Kier alpha value is -1.75. The van der Waals surface area contributed by atoms with E-state index in [2.05, 4.69) is 0 Å². The number of carbonyl (C=O) groups is 2. The van der Waals surface area contributed by atoms with Crippen LogP contribution in [0.25, 0.3) is 0 Å². The molecule has 3 unspecified atom stereocenters. The number of aryl methyl sites for hydroxylation is 1. The summed E-state index contributed by atoms with van der Waals surface area (Å²) in [7, 11) is 0. The number of piperidine rings is 1. The Balaban J connectivity index is 2.03. The van der Waals surface area contributed by atoms with Crippen molar-refractivity contribution in [3.8, 4) is 5.75 Å². The first kappa shape index (κ1) is 17.6. The van der Waals surface area contributed by atoms with Gasteiger partial charge in [0.25, 0.3) is 5.91 Å². The van der Waals surface area contributed by atoms with Crippen LogP contribution in [0.2, 0.25) is 5.02 Å². The molecule has 1 aromatic carbocycles. The molecule has 0 saturated carbocycles. The fraction of sp³-hybridized carbons (Fsp3) is 0.529. The van der Waals surface area contributed by atoms with E-state index < -0.39 is 18.0 Å². The number of rotatable bonds is 4. The second-order valence-electron chi connectivity index (χ2n) is 6.29. The van der Waals surface area contributed by atoms with Crippen LogP contribution < -0.4 is 4.74 Å². The first-order chi connectivity index (χ1) is 10.8. The summed E-state index contributed by atoms with van der Waals surface area (Å²) in [4.78, 5) is 25.4. The van der Waals surface area contributed by atoms with E-state index in [1.54, 1.807) is 30.0 Å². The predicted molar refractivity (Wildman–Crippen MR) is 87.8 cm³/mol. The molecular formula is C17H22ClNO4. The molecule has 1 aliphatic rings. The number of carbonyl (C=O) groups excluding carboxylic acids is 1. The third-order valence-corrected chi connectivity index (χ3v) is 4.53. The molecule has 0 spiro atoms. The Morgan fingerprint density at radius 2 is 2.09 bits per heavy atom. The zero-order valence-electron chi connectivity index (χ0n) is 13.6. The van der Waals surface area contributed by atoms with Crippen molar-refractivity contribution in [2.24, 2.45) is 11.8 Å². The molecule has 0 aromatic heterocycles. The van der Waals surface area contributed by atoms with Crippen molar-refractivity contribution < 1.29 is 19.4 Å². The highest BCUT2D eigenvalue weighted by molar-refractivity contribution is 6.31. The molecule has 2 rings (SSSR count). The van der Waals surface area contributed by atoms with Crippen LogP contribution in [0.1, 0.15) is 25.8 Å². The van der Waals surface area contributed by atoms with E-state index in [4.69, 9.17) is 16.3 Å². The van der Waals surface area contributed by atoms with E-state index in [0.717, 1.165) is 5.56 Å². The Labute approximate surface area is 141 Å². The predicted octanol–water partition coefficient (Wildman–Crippen LogP) is 2.98. The molecule has 5 nitrogen and oxygen atoms in total. The van der Waals surface area contributed by atoms with Crippen LogP contribution in [0.4, 0.5) is 0 Å². The van der Waals surface area contributed by atoms with Crippen molar-refractivity contribution in [3.63, 3.8) is 0 Å². The summed E-state index contributed by atoms with van der Waals surface area (Å²) in [5.74, 6) is -0.800. The first-order valence-corrected chi connectivity index (χ1v) is 8.10. The van der Waals surface area contributed by atoms with Gasteiger partial charge in [0.15, 0.2) is 6.10 Å². The number of hydrogen-bond donors (Lipinski definition) is 1. The lowest BCUT2D eigenvalue weighted by Gasteiger charge is -2.36. The topological polar surface area (TPSA) is 66.8 Å². The van der Waals surface area contributed by atoms with Gasteiger partial charge in [0.2, 0.25) is 0 Å². The Kier molecular flexibility index (Phi) is 5.52. The van der Waals surface area contributed by atoms with Crippen LogP contribution in [-0.4, -0.2) is 41.1 Å². The highest BCUT2D eigenvalue weighted by Crippen LogP contribution is 2.25. The molecule has 126 valence electrons. The summed E-state index contributed by atoms with van der Waals surface area (Å²) in [5.41, 5.74) is 0.876. The number of nitrogens with zero attached hydrogens (tertiary/aromatic N) is 1. The van der Waals surface area contributed by atoms with E-state index in [-0.39, 0.29) is 18.4 Å². The zero-order chi connectivity index (χ0) is 17.1. The highest BCUT2D eigenvalue weighted by Gasteiger charge is 2.34. The maximum Gasteiger partial charge on any atom is 0.308 e. The average Bonchev–Trinajstić information content (AvgIpc) is 2.49. The maximum atomic E-state index is 12.5. The molecule has 1 heterocycles. The molecule has 23 heavy (non-hydrogen) atoms. The zero-order valence-corrected chi connectivity index (χ0v) is 14.3. The maximum absolute atomic E-state index is 12.5. The molecule has 3 atom stereocenters. The minimum Gasteiger partial charge on any atom is -0.481 e. The van der Waals surface area contributed by atoms with E-state index in [1.807, 2.05) is 13.8 Å². The molecule has 0 radical (unpaired) electrons. The Morgan fingerprint density at radius 1 is 1.39 bits per heavy atom. The average molecular weight is 340 g/mol. The van der Waals surface area contributed by atoms with Crippen molar-refractivity contribution in [2.45, 2.75) is 33.3 Å². The summed E-state index contributed by atoms with van der Waals surface area (Å²) >= 11 is 5.98. The molecule has 1 saturated heterocycles. The van der Waals surface area contributed by atoms with Crippen LogP contribution in [0, 0.1) is 18.8 Å². The van der Waals surface area contributed by atoms with E-state index in [0.29, 0.717) is 23.7 Å². The number of likely N-dealkylation sites (tertiary alicyclic amines) is 1. The van der Waals surface area contributed by atoms with Crippen LogP contribution in [0.3, 0.4) is 0 Å². The highest BCUT2D eigenvalue weighted by atomic mass is 35.5. The van der Waals surface area contributed by atoms with Crippen LogP contribution >= 0.6 is 11.6 Å². The monoisotopic (exact) mass is 339 g/mol. The molecular weight excluding hydrogens is 318 g/mol. The van der Waals surface area contributed by atoms with E-state index >= 15 is 0 Å². The summed E-state index contributed by atoms with van der Waals surface area (Å²) in [5, 5.41) is 9.85. The lowest BCUT2D eigenvalue weighted by Crippen LogP contribution is -2.49. The van der Waals surface area contributed by atoms with Gasteiger partial charge in [0.1, 0.15) is 5.75 Å². The summed E-state index contributed by atoms with van der Waals surface area (Å²) in [6.07, 6.45) is -0.0691. The Bertz CT molecular complexity index is 604. The van der Waals surface area contributed by atoms with Crippen molar-refractivity contribution in [3.05, 3.63) is 28.8 Å². The van der Waals surface area contributed by atoms with Crippen molar-refractivity contribution in [1.29, 1.82) is 0 Å². The number of carboxylic acids is 1. The molecule has 1 N–H and O–H groups in total. The van der Waals surface area contributed by atoms with Crippen molar-refractivity contribution in [1.82, 2.24) is 4.90 Å². The van der Waals surface area contributed by atoms with Gasteiger partial charge >= 0.3 is 5.97 Å². The summed E-state index contributed by atoms with van der Waals surface area (Å²) in [6.45, 7) is 6.32. The molecule has 1 fully saturated rings. The third kappa shape index (κ3) is 4.38. The Morgan fingerprint density at radius 3 is 2.70 bits per heavy atom. The van der Waals surface area contributed by atoms with Gasteiger partial charge in [-0.1, -0.05) is 18.5 Å². The fourth-order valence-electron chi connectivity index (χ4n) is 2.91. The van der Waals surface area contributed by atoms with Gasteiger partial charge in [-0.3, -0.25) is 9.59 Å². The van der Waals surface area contributed by atoms with Crippen LogP contribution in [0.5, 0.6) is 5.75 Å². The lowest BCUT2D eigenvalue weighted by atomic mass is 9.90. The number of aliphatic carboxylic acids is 1. The van der Waals surface area contributed by atoms with Gasteiger partial charge in [-0.05, 0) is 49.9 Å². The van der Waals surface area contributed by atoms with Crippen molar-refractivity contribution in [2.75, 3.05) is 13.1 Å². The minimum absolute atomic E-state index is 0.166. The lowest BCUT2D eigenvalue weighted by molar-refractivity contribution is -0.149. The third-order valence-electron chi connectivity index (χ3n) is 4.11. The minimum atomic E-state index is -0.851. The summed E-state index contributed by atoms with van der Waals surface area (Å²) in [6, 6.07) is 5.23. The molecule has 0 bridgehead atoms. The molecule has 1 amide bonds. The van der Waals surface area contributed by atoms with Gasteiger partial charge in [-0.25, -0.2) is 0 Å². The van der Waals surface area contributed by atoms with Gasteiger partial charge in [-0.15, -0.1) is 0 Å². The molecule has 0 aliphatic carbocycles. The number of amides is 1. The first-order valence-electron chi connectivity index (χ1n) is 7.72. The normalized spacial score (nSPS) is 22.5. The largest absolute Gasteiger partial charge is 0.481 e. The van der Waals surface area contributed by atoms with Gasteiger partial charge < -0.3 is 14.7 Å². The van der Waals surface area contributed by atoms with Crippen LogP contribution in [0.15, 0.2) is 18.2 Å². The quantitative estimate of drug-likeness (QED) is 0.915. The number of halogens is 1. The number of hydrogen-bond acceptors (Lipinski definition) is 3. The molecule has 1 aliphatic heterocycles. The molecule has 6 heteroatoms. The second kappa shape index (κ2) is 7.21. The second-order valence-corrected chi connectivity index (χ2v) is 6.70. The van der Waals surface area contributed by atoms with E-state index in [1.165, 1.54) is 0 Å². The number of benzene rings is 1. The van der Waals surface area contributed by atoms with Gasteiger partial charge in [0, 0.05) is 18.1 Å². The van der Waals surface area contributed by atoms with Crippen molar-refractivity contribution >= 4 is 23.5 Å². The number of ether oxygens (including phenoxy) is 1. The van der Waals surface area contributed by atoms with E-state index in [9.17, 15) is 14.7 Å².